The van der Waals surface area contributed by atoms with E-state index in [2.05, 4.69) is 27.8 Å². The van der Waals surface area contributed by atoms with Gasteiger partial charge in [-0.25, -0.2) is 5.48 Å². The van der Waals surface area contributed by atoms with Gasteiger partial charge in [0.25, 0.3) is 11.8 Å². The SMILES string of the molecule is NC[C@H](NC(=O)c1ccc(C#Cc2ccc(NC(=O)CNC3CC3)cc2)cc1)C(=O)NO. The van der Waals surface area contributed by atoms with Gasteiger partial charge in [0.1, 0.15) is 6.04 Å². The van der Waals surface area contributed by atoms with Crippen molar-refractivity contribution < 1.29 is 19.6 Å². The molecule has 0 heterocycles. The molecule has 0 aromatic heterocycles. The fraction of sp³-hybridized carbons (Fsp3) is 0.261. The molecule has 0 bridgehead atoms. The van der Waals surface area contributed by atoms with E-state index in [1.165, 1.54) is 5.48 Å². The predicted molar refractivity (Wildman–Crippen MR) is 119 cm³/mol. The van der Waals surface area contributed by atoms with E-state index < -0.39 is 17.9 Å². The number of carbonyl (C=O) groups is 3. The van der Waals surface area contributed by atoms with Crippen molar-refractivity contribution in [2.24, 2.45) is 5.73 Å². The van der Waals surface area contributed by atoms with Crippen molar-refractivity contribution in [3.63, 3.8) is 0 Å². The van der Waals surface area contributed by atoms with Crippen LogP contribution in [0, 0.1) is 11.8 Å². The van der Waals surface area contributed by atoms with Gasteiger partial charge in [-0.15, -0.1) is 0 Å². The van der Waals surface area contributed by atoms with Gasteiger partial charge < -0.3 is 21.7 Å². The summed E-state index contributed by atoms with van der Waals surface area (Å²) in [5.41, 5.74) is 9.41. The van der Waals surface area contributed by atoms with Crippen molar-refractivity contribution in [3.8, 4) is 11.8 Å². The number of carbonyl (C=O) groups excluding carboxylic acids is 3. The quantitative estimate of drug-likeness (QED) is 0.200. The molecule has 3 rings (SSSR count). The summed E-state index contributed by atoms with van der Waals surface area (Å²) in [7, 11) is 0. The molecule has 0 radical (unpaired) electrons. The first-order valence-corrected chi connectivity index (χ1v) is 10.2. The van der Waals surface area contributed by atoms with Crippen LogP contribution in [0.25, 0.3) is 0 Å². The molecule has 1 aliphatic carbocycles. The zero-order valence-electron chi connectivity index (χ0n) is 17.4. The molecule has 3 amide bonds. The lowest BCUT2D eigenvalue weighted by Crippen LogP contribution is -2.50. The number of nitrogens with one attached hydrogen (secondary N) is 4. The molecule has 1 fully saturated rings. The first kappa shape index (κ1) is 23.0. The Balaban J connectivity index is 1.54. The molecule has 9 heteroatoms. The van der Waals surface area contributed by atoms with E-state index in [-0.39, 0.29) is 12.5 Å². The highest BCUT2D eigenvalue weighted by atomic mass is 16.5. The van der Waals surface area contributed by atoms with Gasteiger partial charge in [0.05, 0.1) is 6.54 Å². The number of hydrogen-bond donors (Lipinski definition) is 6. The third-order valence-electron chi connectivity index (χ3n) is 4.76. The van der Waals surface area contributed by atoms with Crippen LogP contribution >= 0.6 is 0 Å². The van der Waals surface area contributed by atoms with Crippen LogP contribution in [-0.2, 0) is 9.59 Å². The lowest BCUT2D eigenvalue weighted by Gasteiger charge is -2.14. The number of hydroxylamine groups is 1. The van der Waals surface area contributed by atoms with Gasteiger partial charge in [0.15, 0.2) is 0 Å². The van der Waals surface area contributed by atoms with Crippen molar-refractivity contribution in [1.82, 2.24) is 16.1 Å². The van der Waals surface area contributed by atoms with Gasteiger partial charge in [-0.1, -0.05) is 11.8 Å². The fourth-order valence-corrected chi connectivity index (χ4v) is 2.77. The van der Waals surface area contributed by atoms with Gasteiger partial charge in [-0.3, -0.25) is 19.6 Å². The van der Waals surface area contributed by atoms with Crippen molar-refractivity contribution in [2.75, 3.05) is 18.4 Å². The Morgan fingerprint density at radius 1 is 1.00 bits per heavy atom. The van der Waals surface area contributed by atoms with E-state index >= 15 is 0 Å². The summed E-state index contributed by atoms with van der Waals surface area (Å²) < 4.78 is 0. The molecular formula is C23H25N5O4. The summed E-state index contributed by atoms with van der Waals surface area (Å²) >= 11 is 0. The highest BCUT2D eigenvalue weighted by Gasteiger charge is 2.21. The van der Waals surface area contributed by atoms with Crippen molar-refractivity contribution >= 4 is 23.4 Å². The average molecular weight is 435 g/mol. The first-order valence-electron chi connectivity index (χ1n) is 10.2. The van der Waals surface area contributed by atoms with Crippen molar-refractivity contribution in [2.45, 2.75) is 24.9 Å². The van der Waals surface area contributed by atoms with Crippen LogP contribution < -0.4 is 27.2 Å². The topological polar surface area (TPSA) is 146 Å². The van der Waals surface area contributed by atoms with Crippen LogP contribution in [0.1, 0.15) is 34.3 Å². The third-order valence-corrected chi connectivity index (χ3v) is 4.76. The standard InChI is InChI=1S/C23H25N5O4/c24-13-20(23(31)28-32)27-22(30)17-7-3-15(4-8-17)1-2-16-5-9-19(10-6-16)26-21(29)14-25-18-11-12-18/h3-10,18,20,25,32H,11-14,24H2,(H,26,29)(H,27,30)(H,28,31)/t20-/m0/s1. The van der Waals surface area contributed by atoms with E-state index in [9.17, 15) is 14.4 Å². The number of nitrogens with two attached hydrogens (primary N) is 1. The van der Waals surface area contributed by atoms with Crippen molar-refractivity contribution in [1.29, 1.82) is 0 Å². The number of anilines is 1. The molecule has 7 N–H and O–H groups in total. The molecule has 32 heavy (non-hydrogen) atoms. The molecular weight excluding hydrogens is 410 g/mol. The summed E-state index contributed by atoms with van der Waals surface area (Å²) in [6, 6.07) is 13.2. The minimum absolute atomic E-state index is 0.0744. The van der Waals surface area contributed by atoms with E-state index in [1.807, 2.05) is 12.1 Å². The van der Waals surface area contributed by atoms with Gasteiger partial charge in [0.2, 0.25) is 5.91 Å². The summed E-state index contributed by atoms with van der Waals surface area (Å²) in [4.78, 5) is 35.5. The second-order valence-electron chi connectivity index (χ2n) is 7.35. The lowest BCUT2D eigenvalue weighted by atomic mass is 10.1. The smallest absolute Gasteiger partial charge is 0.267 e. The maximum Gasteiger partial charge on any atom is 0.267 e. The summed E-state index contributed by atoms with van der Waals surface area (Å²) in [5, 5.41) is 17.1. The van der Waals surface area contributed by atoms with Crippen LogP contribution in [-0.4, -0.2) is 48.1 Å². The van der Waals surface area contributed by atoms with E-state index in [0.717, 1.165) is 18.4 Å². The lowest BCUT2D eigenvalue weighted by molar-refractivity contribution is -0.130. The molecule has 1 aliphatic rings. The van der Waals surface area contributed by atoms with Gasteiger partial charge >= 0.3 is 0 Å². The molecule has 2 aromatic carbocycles. The van der Waals surface area contributed by atoms with Crippen LogP contribution in [0.15, 0.2) is 48.5 Å². The maximum atomic E-state index is 12.2. The van der Waals surface area contributed by atoms with E-state index in [0.29, 0.717) is 29.4 Å². The minimum atomic E-state index is -1.03. The average Bonchev–Trinajstić information content (AvgIpc) is 3.65. The summed E-state index contributed by atoms with van der Waals surface area (Å²) in [5.74, 6) is 4.69. The first-order chi connectivity index (χ1) is 15.5. The Kier molecular flexibility index (Phi) is 7.94. The summed E-state index contributed by atoms with van der Waals surface area (Å²) in [6.45, 7) is 0.156. The molecule has 0 unspecified atom stereocenters. The second-order valence-corrected chi connectivity index (χ2v) is 7.35. The zero-order chi connectivity index (χ0) is 22.9. The Labute approximate surface area is 185 Å². The highest BCUT2D eigenvalue weighted by Crippen LogP contribution is 2.18. The van der Waals surface area contributed by atoms with E-state index in [1.54, 1.807) is 36.4 Å². The number of benzene rings is 2. The molecule has 0 saturated heterocycles. The Bertz CT molecular complexity index is 1020. The molecule has 166 valence electrons. The van der Waals surface area contributed by atoms with Gasteiger partial charge in [0, 0.05) is 35.0 Å². The Hall–Kier alpha value is -3.71. The molecule has 2 aromatic rings. The number of rotatable bonds is 8. The molecule has 0 spiro atoms. The summed E-state index contributed by atoms with van der Waals surface area (Å²) in [6.07, 6.45) is 2.27. The normalized spacial score (nSPS) is 13.3. The third kappa shape index (κ3) is 6.92. The molecule has 1 saturated carbocycles. The fourth-order valence-electron chi connectivity index (χ4n) is 2.77. The predicted octanol–water partition coefficient (Wildman–Crippen LogP) is 0.339. The van der Waals surface area contributed by atoms with Crippen LogP contribution in [0.3, 0.4) is 0 Å². The monoisotopic (exact) mass is 435 g/mol. The van der Waals surface area contributed by atoms with Crippen LogP contribution in [0.4, 0.5) is 5.69 Å². The van der Waals surface area contributed by atoms with E-state index in [4.69, 9.17) is 10.9 Å². The second kappa shape index (κ2) is 11.1. The molecule has 1 atom stereocenters. The van der Waals surface area contributed by atoms with Crippen molar-refractivity contribution in [3.05, 3.63) is 65.2 Å². The largest absolute Gasteiger partial charge is 0.339 e. The zero-order valence-corrected chi connectivity index (χ0v) is 17.4. The Morgan fingerprint density at radius 2 is 1.59 bits per heavy atom. The number of hydrogen-bond acceptors (Lipinski definition) is 6. The Morgan fingerprint density at radius 3 is 2.12 bits per heavy atom. The molecule has 0 aliphatic heterocycles. The maximum absolute atomic E-state index is 12.2. The highest BCUT2D eigenvalue weighted by molar-refractivity contribution is 5.97. The van der Waals surface area contributed by atoms with Gasteiger partial charge in [-0.05, 0) is 61.4 Å². The van der Waals surface area contributed by atoms with Crippen LogP contribution in [0.5, 0.6) is 0 Å². The minimum Gasteiger partial charge on any atom is -0.339 e. The van der Waals surface area contributed by atoms with Crippen LogP contribution in [0.2, 0.25) is 0 Å². The number of amides is 3. The van der Waals surface area contributed by atoms with Gasteiger partial charge in [-0.2, -0.15) is 0 Å². The molecule has 9 nitrogen and oxygen atoms in total.